The second kappa shape index (κ2) is 7.83. The highest BCUT2D eigenvalue weighted by molar-refractivity contribution is 5.93. The highest BCUT2D eigenvalue weighted by atomic mass is 16.1. The van der Waals surface area contributed by atoms with Gasteiger partial charge in [-0.15, -0.1) is 5.10 Å². The predicted molar refractivity (Wildman–Crippen MR) is 114 cm³/mol. The summed E-state index contributed by atoms with van der Waals surface area (Å²) in [6.45, 7) is 5.94. The van der Waals surface area contributed by atoms with E-state index in [-0.39, 0.29) is 12.3 Å². The van der Waals surface area contributed by atoms with Crippen LogP contribution in [0.3, 0.4) is 0 Å². The third-order valence-electron chi connectivity index (χ3n) is 5.09. The van der Waals surface area contributed by atoms with E-state index in [9.17, 15) is 4.79 Å². The fourth-order valence-electron chi connectivity index (χ4n) is 3.48. The lowest BCUT2D eigenvalue weighted by atomic mass is 10.1. The molecule has 0 aliphatic rings. The molecule has 0 saturated carbocycles. The molecule has 1 N–H and O–H groups in total. The highest BCUT2D eigenvalue weighted by Gasteiger charge is 2.17. The summed E-state index contributed by atoms with van der Waals surface area (Å²) in [6, 6.07) is 17.7. The molecule has 0 unspecified atom stereocenters. The fourth-order valence-corrected chi connectivity index (χ4v) is 3.48. The van der Waals surface area contributed by atoms with Gasteiger partial charge in [0.25, 0.3) is 5.78 Å². The van der Waals surface area contributed by atoms with Crippen LogP contribution in [0.2, 0.25) is 0 Å². The molecule has 0 spiro atoms. The second-order valence-electron chi connectivity index (χ2n) is 7.01. The maximum Gasteiger partial charge on any atom is 0.253 e. The van der Waals surface area contributed by atoms with Gasteiger partial charge in [-0.25, -0.2) is 9.50 Å². The van der Waals surface area contributed by atoms with Crippen LogP contribution in [0.25, 0.3) is 17.2 Å². The number of benzene rings is 2. The number of nitrogens with zero attached hydrogens (tertiary/aromatic N) is 4. The zero-order valence-corrected chi connectivity index (χ0v) is 16.8. The molecule has 29 heavy (non-hydrogen) atoms. The van der Waals surface area contributed by atoms with Crippen molar-refractivity contribution in [2.45, 2.75) is 33.6 Å². The predicted octanol–water partition coefficient (Wildman–Crippen LogP) is 4.15. The summed E-state index contributed by atoms with van der Waals surface area (Å²) < 4.78 is 1.72. The largest absolute Gasteiger partial charge is 0.326 e. The van der Waals surface area contributed by atoms with E-state index in [0.29, 0.717) is 11.6 Å². The Balaban J connectivity index is 1.64. The topological polar surface area (TPSA) is 72.2 Å². The summed E-state index contributed by atoms with van der Waals surface area (Å²) in [5.41, 5.74) is 5.45. The summed E-state index contributed by atoms with van der Waals surface area (Å²) in [7, 11) is 0. The molecular weight excluding hydrogens is 362 g/mol. The molecular formula is C23H23N5O. The number of para-hydroxylation sites is 1. The number of amides is 1. The number of rotatable bonds is 5. The number of anilines is 1. The standard InChI is InChI=1S/C23H23N5O/c1-4-17-10-8-9-13-20(17)25-21(29)14-19-15(2)24-23-26-22(27-28(23)16(19)3)18-11-6-5-7-12-18/h5-13H,4,14H2,1-3H3,(H,25,29). The van der Waals surface area contributed by atoms with E-state index in [1.807, 2.05) is 68.4 Å². The van der Waals surface area contributed by atoms with Gasteiger partial charge in [-0.3, -0.25) is 4.79 Å². The molecule has 6 nitrogen and oxygen atoms in total. The molecule has 2 aromatic carbocycles. The summed E-state index contributed by atoms with van der Waals surface area (Å²) in [6.07, 6.45) is 1.10. The molecule has 2 aromatic heterocycles. The highest BCUT2D eigenvalue weighted by Crippen LogP contribution is 2.20. The van der Waals surface area contributed by atoms with Gasteiger partial charge in [-0.05, 0) is 31.9 Å². The Morgan fingerprint density at radius 3 is 2.48 bits per heavy atom. The van der Waals surface area contributed by atoms with Crippen LogP contribution >= 0.6 is 0 Å². The van der Waals surface area contributed by atoms with Crippen LogP contribution in [-0.4, -0.2) is 25.5 Å². The first-order valence-electron chi connectivity index (χ1n) is 9.73. The minimum atomic E-state index is -0.0679. The number of aryl methyl sites for hydroxylation is 3. The molecule has 0 fully saturated rings. The van der Waals surface area contributed by atoms with Crippen molar-refractivity contribution in [3.63, 3.8) is 0 Å². The molecule has 146 valence electrons. The SMILES string of the molecule is CCc1ccccc1NC(=O)Cc1c(C)nc2nc(-c3ccccc3)nn2c1C. The minimum absolute atomic E-state index is 0.0679. The Bertz CT molecular complexity index is 1180. The van der Waals surface area contributed by atoms with Crippen LogP contribution in [0.5, 0.6) is 0 Å². The van der Waals surface area contributed by atoms with Crippen molar-refractivity contribution in [2.24, 2.45) is 0 Å². The van der Waals surface area contributed by atoms with Gasteiger partial charge in [-0.2, -0.15) is 4.98 Å². The molecule has 6 heteroatoms. The van der Waals surface area contributed by atoms with Crippen molar-refractivity contribution in [1.29, 1.82) is 0 Å². The van der Waals surface area contributed by atoms with E-state index in [1.165, 1.54) is 0 Å². The van der Waals surface area contributed by atoms with Crippen LogP contribution in [0, 0.1) is 13.8 Å². The summed E-state index contributed by atoms with van der Waals surface area (Å²) >= 11 is 0. The number of aromatic nitrogens is 4. The number of hydrogen-bond donors (Lipinski definition) is 1. The Labute approximate surface area is 169 Å². The average Bonchev–Trinajstić information content (AvgIpc) is 3.16. The molecule has 4 aromatic rings. The summed E-state index contributed by atoms with van der Waals surface area (Å²) in [5, 5.41) is 7.65. The Hall–Kier alpha value is -3.54. The molecule has 0 atom stereocenters. The van der Waals surface area contributed by atoms with Gasteiger partial charge < -0.3 is 5.32 Å². The van der Waals surface area contributed by atoms with E-state index in [4.69, 9.17) is 0 Å². The van der Waals surface area contributed by atoms with Gasteiger partial charge in [0.1, 0.15) is 0 Å². The first-order valence-corrected chi connectivity index (χ1v) is 9.73. The normalized spacial score (nSPS) is 11.0. The second-order valence-corrected chi connectivity index (χ2v) is 7.01. The summed E-state index contributed by atoms with van der Waals surface area (Å²) in [5.74, 6) is 1.10. The molecule has 0 radical (unpaired) electrons. The molecule has 0 saturated heterocycles. The molecule has 2 heterocycles. The van der Waals surface area contributed by atoms with Crippen LogP contribution in [0.4, 0.5) is 5.69 Å². The lowest BCUT2D eigenvalue weighted by Gasteiger charge is -2.12. The van der Waals surface area contributed by atoms with E-state index in [2.05, 4.69) is 27.3 Å². The van der Waals surface area contributed by atoms with Gasteiger partial charge in [0.15, 0.2) is 5.82 Å². The van der Waals surface area contributed by atoms with Gasteiger partial charge in [0, 0.05) is 28.2 Å². The third kappa shape index (κ3) is 3.74. The maximum absolute atomic E-state index is 12.7. The molecule has 0 aliphatic carbocycles. The smallest absolute Gasteiger partial charge is 0.253 e. The van der Waals surface area contributed by atoms with E-state index in [1.54, 1.807) is 4.52 Å². The Morgan fingerprint density at radius 1 is 1.00 bits per heavy atom. The van der Waals surface area contributed by atoms with Crippen molar-refractivity contribution in [1.82, 2.24) is 19.6 Å². The fraction of sp³-hybridized carbons (Fsp3) is 0.217. The van der Waals surface area contributed by atoms with Gasteiger partial charge in [0.05, 0.1) is 6.42 Å². The number of carbonyl (C=O) groups excluding carboxylic acids is 1. The molecule has 0 aliphatic heterocycles. The Morgan fingerprint density at radius 2 is 1.72 bits per heavy atom. The van der Waals surface area contributed by atoms with Gasteiger partial charge in [0.2, 0.25) is 5.91 Å². The lowest BCUT2D eigenvalue weighted by molar-refractivity contribution is -0.115. The summed E-state index contributed by atoms with van der Waals surface area (Å²) in [4.78, 5) is 21.9. The number of nitrogens with one attached hydrogen (secondary N) is 1. The van der Waals surface area contributed by atoms with Crippen molar-refractivity contribution in [3.8, 4) is 11.4 Å². The van der Waals surface area contributed by atoms with E-state index < -0.39 is 0 Å². The average molecular weight is 385 g/mol. The minimum Gasteiger partial charge on any atom is -0.326 e. The zero-order chi connectivity index (χ0) is 20.4. The van der Waals surface area contributed by atoms with Crippen molar-refractivity contribution >= 4 is 17.4 Å². The van der Waals surface area contributed by atoms with Crippen LogP contribution in [0.15, 0.2) is 54.6 Å². The molecule has 0 bridgehead atoms. The Kier molecular flexibility index (Phi) is 5.08. The van der Waals surface area contributed by atoms with E-state index in [0.717, 1.165) is 40.2 Å². The third-order valence-corrected chi connectivity index (χ3v) is 5.09. The number of carbonyl (C=O) groups is 1. The van der Waals surface area contributed by atoms with Crippen molar-refractivity contribution < 1.29 is 4.79 Å². The van der Waals surface area contributed by atoms with Crippen LogP contribution in [-0.2, 0) is 17.6 Å². The van der Waals surface area contributed by atoms with Crippen LogP contribution < -0.4 is 5.32 Å². The number of hydrogen-bond acceptors (Lipinski definition) is 4. The first-order chi connectivity index (χ1) is 14.1. The first kappa shape index (κ1) is 18.8. The zero-order valence-electron chi connectivity index (χ0n) is 16.8. The quantitative estimate of drug-likeness (QED) is 0.560. The molecule has 4 rings (SSSR count). The maximum atomic E-state index is 12.7. The molecule has 1 amide bonds. The number of fused-ring (bicyclic) bond motifs is 1. The van der Waals surface area contributed by atoms with Gasteiger partial charge >= 0.3 is 0 Å². The van der Waals surface area contributed by atoms with Crippen molar-refractivity contribution in [2.75, 3.05) is 5.32 Å². The van der Waals surface area contributed by atoms with Gasteiger partial charge in [-0.1, -0.05) is 55.5 Å². The monoisotopic (exact) mass is 385 g/mol. The lowest BCUT2D eigenvalue weighted by Crippen LogP contribution is -2.18. The van der Waals surface area contributed by atoms with Crippen molar-refractivity contribution in [3.05, 3.63) is 77.1 Å². The van der Waals surface area contributed by atoms with Crippen LogP contribution in [0.1, 0.15) is 29.4 Å². The van der Waals surface area contributed by atoms with E-state index >= 15 is 0 Å².